The molecule has 0 heterocycles. The fourth-order valence-electron chi connectivity index (χ4n) is 2.53. The summed E-state index contributed by atoms with van der Waals surface area (Å²) in [5.41, 5.74) is 3.32. The molecule has 0 saturated carbocycles. The van der Waals surface area contributed by atoms with Crippen molar-refractivity contribution in [1.29, 1.82) is 0 Å². The zero-order valence-electron chi connectivity index (χ0n) is 15.9. The van der Waals surface area contributed by atoms with Gasteiger partial charge in [-0.25, -0.2) is 13.8 Å². The first kappa shape index (κ1) is 21.2. The first-order chi connectivity index (χ1) is 13.2. The number of rotatable bonds is 8. The number of nitrogens with zero attached hydrogens (tertiary/aromatic N) is 2. The van der Waals surface area contributed by atoms with Gasteiger partial charge in [-0.1, -0.05) is 18.2 Å². The molecule has 0 unspecified atom stereocenters. The van der Waals surface area contributed by atoms with Gasteiger partial charge in [0.05, 0.1) is 24.8 Å². The van der Waals surface area contributed by atoms with E-state index in [1.54, 1.807) is 49.4 Å². The van der Waals surface area contributed by atoms with Gasteiger partial charge >= 0.3 is 0 Å². The predicted molar refractivity (Wildman–Crippen MR) is 108 cm³/mol. The number of hydrogen-bond donors (Lipinski definition) is 2. The minimum Gasteiger partial charge on any atom is -0.504 e. The third-order valence-corrected chi connectivity index (χ3v) is 5.01. The quantitative estimate of drug-likeness (QED) is 0.516. The molecule has 0 spiro atoms. The van der Waals surface area contributed by atoms with E-state index < -0.39 is 22.0 Å². The summed E-state index contributed by atoms with van der Waals surface area (Å²) in [5.74, 6) is -0.281. The van der Waals surface area contributed by atoms with E-state index in [1.807, 2.05) is 0 Å². The van der Waals surface area contributed by atoms with Crippen molar-refractivity contribution in [2.45, 2.75) is 19.9 Å². The van der Waals surface area contributed by atoms with Crippen LogP contribution in [0.25, 0.3) is 0 Å². The Labute approximate surface area is 164 Å². The SMILES string of the molecule is CCOc1cc(/C=N\NC(=O)[C@@H](C)N(c2ccccc2)S(C)(=O)=O)ccc1O. The van der Waals surface area contributed by atoms with Crippen LogP contribution in [-0.2, 0) is 14.8 Å². The standard InChI is InChI=1S/C19H23N3O5S/c1-4-27-18-12-15(10-11-17(18)23)13-20-21-19(24)14(2)22(28(3,25)26)16-8-6-5-7-9-16/h5-14,23H,4H2,1-3H3,(H,21,24)/b20-13-/t14-/m1/s1. The Morgan fingerprint density at radius 1 is 1.29 bits per heavy atom. The van der Waals surface area contributed by atoms with Crippen LogP contribution in [0.2, 0.25) is 0 Å². The van der Waals surface area contributed by atoms with E-state index in [4.69, 9.17) is 4.74 Å². The van der Waals surface area contributed by atoms with Gasteiger partial charge in [-0.3, -0.25) is 9.10 Å². The van der Waals surface area contributed by atoms with Crippen molar-refractivity contribution >= 4 is 27.8 Å². The lowest BCUT2D eigenvalue weighted by molar-refractivity contribution is -0.121. The summed E-state index contributed by atoms with van der Waals surface area (Å²) in [6.45, 7) is 3.66. The minimum atomic E-state index is -3.68. The molecule has 0 aliphatic carbocycles. The number of aromatic hydroxyl groups is 1. The molecule has 0 fully saturated rings. The van der Waals surface area contributed by atoms with Crippen LogP contribution in [0, 0.1) is 0 Å². The van der Waals surface area contributed by atoms with E-state index in [0.717, 1.165) is 10.6 Å². The number of para-hydroxylation sites is 1. The molecule has 150 valence electrons. The van der Waals surface area contributed by atoms with Crippen molar-refractivity contribution in [2.24, 2.45) is 5.10 Å². The molecule has 0 aliphatic heterocycles. The molecule has 0 aliphatic rings. The molecular weight excluding hydrogens is 382 g/mol. The molecule has 28 heavy (non-hydrogen) atoms. The van der Waals surface area contributed by atoms with Gasteiger partial charge in [-0.2, -0.15) is 5.10 Å². The highest BCUT2D eigenvalue weighted by Crippen LogP contribution is 2.26. The Hall–Kier alpha value is -3.07. The maximum atomic E-state index is 12.4. The number of nitrogens with one attached hydrogen (secondary N) is 1. The lowest BCUT2D eigenvalue weighted by Crippen LogP contribution is -2.46. The predicted octanol–water partition coefficient (Wildman–Crippen LogP) is 2.10. The molecule has 2 aromatic rings. The van der Waals surface area contributed by atoms with E-state index in [2.05, 4.69) is 10.5 Å². The Bertz CT molecular complexity index is 945. The topological polar surface area (TPSA) is 108 Å². The molecule has 1 amide bonds. The number of carbonyl (C=O) groups excluding carboxylic acids is 1. The van der Waals surface area contributed by atoms with Crippen LogP contribution in [0.4, 0.5) is 5.69 Å². The summed E-state index contributed by atoms with van der Waals surface area (Å²) >= 11 is 0. The Morgan fingerprint density at radius 2 is 1.96 bits per heavy atom. The zero-order valence-corrected chi connectivity index (χ0v) is 16.7. The van der Waals surface area contributed by atoms with E-state index in [0.29, 0.717) is 23.6 Å². The third kappa shape index (κ3) is 5.46. The highest BCUT2D eigenvalue weighted by Gasteiger charge is 2.28. The molecule has 0 radical (unpaired) electrons. The molecule has 9 heteroatoms. The molecule has 0 bridgehead atoms. The summed E-state index contributed by atoms with van der Waals surface area (Å²) in [6, 6.07) is 12.0. The number of amides is 1. The third-order valence-electron chi connectivity index (χ3n) is 3.77. The number of hydrogen-bond acceptors (Lipinski definition) is 6. The van der Waals surface area contributed by atoms with Crippen molar-refractivity contribution in [1.82, 2.24) is 5.43 Å². The van der Waals surface area contributed by atoms with Gasteiger partial charge < -0.3 is 9.84 Å². The smallest absolute Gasteiger partial charge is 0.263 e. The number of hydrazone groups is 1. The molecule has 2 aromatic carbocycles. The highest BCUT2D eigenvalue weighted by molar-refractivity contribution is 7.92. The Morgan fingerprint density at radius 3 is 2.57 bits per heavy atom. The van der Waals surface area contributed by atoms with Crippen LogP contribution in [-0.4, -0.2) is 44.6 Å². The molecule has 1 atom stereocenters. The van der Waals surface area contributed by atoms with Crippen molar-refractivity contribution in [3.63, 3.8) is 0 Å². The van der Waals surface area contributed by atoms with E-state index in [-0.39, 0.29) is 5.75 Å². The summed E-state index contributed by atoms with van der Waals surface area (Å²) in [7, 11) is -3.68. The van der Waals surface area contributed by atoms with Crippen molar-refractivity contribution in [3.8, 4) is 11.5 Å². The first-order valence-electron chi connectivity index (χ1n) is 8.57. The molecule has 8 nitrogen and oxygen atoms in total. The van der Waals surface area contributed by atoms with Crippen LogP contribution in [0.1, 0.15) is 19.4 Å². The molecule has 0 aromatic heterocycles. The van der Waals surface area contributed by atoms with Crippen LogP contribution < -0.4 is 14.5 Å². The minimum absolute atomic E-state index is 0.00307. The Kier molecular flexibility index (Phi) is 7.00. The number of sulfonamides is 1. The lowest BCUT2D eigenvalue weighted by Gasteiger charge is -2.27. The molecular formula is C19H23N3O5S. The number of carbonyl (C=O) groups is 1. The van der Waals surface area contributed by atoms with E-state index in [1.165, 1.54) is 19.2 Å². The highest BCUT2D eigenvalue weighted by atomic mass is 32.2. The fourth-order valence-corrected chi connectivity index (χ4v) is 3.70. The van der Waals surface area contributed by atoms with Gasteiger partial charge in [0.15, 0.2) is 11.5 Å². The normalized spacial score (nSPS) is 12.5. The summed E-state index contributed by atoms with van der Waals surface area (Å²) in [6.07, 6.45) is 2.42. The molecule has 2 rings (SSSR count). The van der Waals surface area contributed by atoms with Gasteiger partial charge in [0.25, 0.3) is 5.91 Å². The van der Waals surface area contributed by atoms with Crippen molar-refractivity contribution in [3.05, 3.63) is 54.1 Å². The largest absolute Gasteiger partial charge is 0.504 e. The van der Waals surface area contributed by atoms with Crippen LogP contribution >= 0.6 is 0 Å². The number of anilines is 1. The monoisotopic (exact) mass is 405 g/mol. The van der Waals surface area contributed by atoms with Crippen molar-refractivity contribution in [2.75, 3.05) is 17.2 Å². The van der Waals surface area contributed by atoms with Gasteiger partial charge in [-0.15, -0.1) is 0 Å². The maximum absolute atomic E-state index is 12.4. The summed E-state index contributed by atoms with van der Waals surface area (Å²) in [4.78, 5) is 12.4. The first-order valence-corrected chi connectivity index (χ1v) is 10.4. The Balaban J connectivity index is 2.13. The van der Waals surface area contributed by atoms with E-state index >= 15 is 0 Å². The van der Waals surface area contributed by atoms with Crippen LogP contribution in [0.5, 0.6) is 11.5 Å². The van der Waals surface area contributed by atoms with E-state index in [9.17, 15) is 18.3 Å². The van der Waals surface area contributed by atoms with Gasteiger partial charge in [0, 0.05) is 0 Å². The zero-order chi connectivity index (χ0) is 20.7. The van der Waals surface area contributed by atoms with Crippen LogP contribution in [0.15, 0.2) is 53.6 Å². The summed E-state index contributed by atoms with van der Waals surface area (Å²) in [5, 5.41) is 13.6. The van der Waals surface area contributed by atoms with Gasteiger partial charge in [0.2, 0.25) is 10.0 Å². The fraction of sp³-hybridized carbons (Fsp3) is 0.263. The molecule has 0 saturated heterocycles. The second-order valence-electron chi connectivity index (χ2n) is 5.96. The number of phenolic OH excluding ortho intramolecular Hbond substituents is 1. The second-order valence-corrected chi connectivity index (χ2v) is 7.82. The number of ether oxygens (including phenoxy) is 1. The van der Waals surface area contributed by atoms with Gasteiger partial charge in [-0.05, 0) is 49.7 Å². The summed E-state index contributed by atoms with van der Waals surface area (Å²) < 4.78 is 30.7. The average molecular weight is 405 g/mol. The second kappa shape index (κ2) is 9.23. The average Bonchev–Trinajstić information content (AvgIpc) is 2.64. The number of benzene rings is 2. The van der Waals surface area contributed by atoms with Crippen LogP contribution in [0.3, 0.4) is 0 Å². The number of phenols is 1. The van der Waals surface area contributed by atoms with Gasteiger partial charge in [0.1, 0.15) is 6.04 Å². The maximum Gasteiger partial charge on any atom is 0.263 e. The van der Waals surface area contributed by atoms with Crippen molar-refractivity contribution < 1.29 is 23.1 Å². The molecule has 2 N–H and O–H groups in total. The lowest BCUT2D eigenvalue weighted by atomic mass is 10.2.